The van der Waals surface area contributed by atoms with Crippen LogP contribution in [0.5, 0.6) is 0 Å². The third-order valence-corrected chi connectivity index (χ3v) is 6.04. The summed E-state index contributed by atoms with van der Waals surface area (Å²) in [5.41, 5.74) is 0. The molecule has 0 radical (unpaired) electrons. The van der Waals surface area contributed by atoms with Gasteiger partial charge in [0.05, 0.1) is 11.2 Å². The van der Waals surface area contributed by atoms with Gasteiger partial charge in [0.1, 0.15) is 10.1 Å². The van der Waals surface area contributed by atoms with E-state index in [1.807, 2.05) is 4.90 Å². The molecule has 0 saturated carbocycles. The van der Waals surface area contributed by atoms with Crippen molar-refractivity contribution in [2.24, 2.45) is 0 Å². The molecule has 0 unspecified atom stereocenters. The first-order valence-electron chi connectivity index (χ1n) is 8.68. The van der Waals surface area contributed by atoms with Crippen molar-refractivity contribution in [3.8, 4) is 0 Å². The molecule has 0 aliphatic carbocycles. The molecule has 1 aromatic heterocycles. The van der Waals surface area contributed by atoms with Gasteiger partial charge in [0, 0.05) is 31.6 Å². The zero-order valence-electron chi connectivity index (χ0n) is 14.3. The van der Waals surface area contributed by atoms with E-state index in [-0.39, 0.29) is 11.8 Å². The summed E-state index contributed by atoms with van der Waals surface area (Å²) >= 11 is 6.57. The number of amides is 2. The van der Waals surface area contributed by atoms with E-state index in [0.717, 1.165) is 25.8 Å². The molecule has 2 amide bonds. The average molecular weight is 379 g/mol. The lowest BCUT2D eigenvalue weighted by molar-refractivity contribution is -0.135. The second-order valence-electron chi connectivity index (χ2n) is 6.24. The molecule has 7 heteroatoms. The normalized spacial score (nSPS) is 22.9. The Hall–Kier alpha value is -1.60. The van der Waals surface area contributed by atoms with Crippen LogP contribution < -0.4 is 0 Å². The highest BCUT2D eigenvalue weighted by Gasteiger charge is 2.33. The Labute approximate surface area is 157 Å². The quantitative estimate of drug-likeness (QED) is 0.578. The molecule has 1 aromatic rings. The number of hydrogen-bond donors (Lipinski definition) is 0. The number of piperidine rings is 1. The van der Waals surface area contributed by atoms with Gasteiger partial charge in [-0.1, -0.05) is 30.9 Å². The lowest BCUT2D eigenvalue weighted by Crippen LogP contribution is -2.44. The molecule has 3 rings (SSSR count). The van der Waals surface area contributed by atoms with Crippen LogP contribution in [0.15, 0.2) is 27.7 Å². The highest BCUT2D eigenvalue weighted by atomic mass is 32.2. The van der Waals surface area contributed by atoms with Crippen molar-refractivity contribution in [1.29, 1.82) is 0 Å². The smallest absolute Gasteiger partial charge is 0.266 e. The Morgan fingerprint density at radius 1 is 1.48 bits per heavy atom. The van der Waals surface area contributed by atoms with Crippen molar-refractivity contribution >= 4 is 46.2 Å². The van der Waals surface area contributed by atoms with Crippen LogP contribution in [0.1, 0.15) is 44.8 Å². The Morgan fingerprint density at radius 3 is 3.04 bits per heavy atom. The van der Waals surface area contributed by atoms with Crippen molar-refractivity contribution in [2.45, 2.75) is 45.1 Å². The minimum absolute atomic E-state index is 0.121. The number of thiocarbonyl (C=S) groups is 1. The second-order valence-corrected chi connectivity index (χ2v) is 7.92. The van der Waals surface area contributed by atoms with Gasteiger partial charge >= 0.3 is 0 Å². The molecule has 0 N–H and O–H groups in total. The highest BCUT2D eigenvalue weighted by molar-refractivity contribution is 8.26. The van der Waals surface area contributed by atoms with Crippen LogP contribution in [0.2, 0.25) is 0 Å². The van der Waals surface area contributed by atoms with Crippen molar-refractivity contribution in [1.82, 2.24) is 9.80 Å². The van der Waals surface area contributed by atoms with Crippen molar-refractivity contribution in [3.05, 3.63) is 29.1 Å². The van der Waals surface area contributed by atoms with Gasteiger partial charge in [-0.25, -0.2) is 0 Å². The third kappa shape index (κ3) is 4.15. The monoisotopic (exact) mass is 378 g/mol. The summed E-state index contributed by atoms with van der Waals surface area (Å²) in [6.07, 6.45) is 7.89. The molecule has 0 aromatic carbocycles. The molecule has 2 aliphatic heterocycles. The Bertz CT molecular complexity index is 685. The summed E-state index contributed by atoms with van der Waals surface area (Å²) in [6.45, 7) is 3.29. The van der Waals surface area contributed by atoms with Gasteiger partial charge < -0.3 is 9.32 Å². The zero-order valence-corrected chi connectivity index (χ0v) is 15.9. The van der Waals surface area contributed by atoms with Gasteiger partial charge in [-0.05, 0) is 37.8 Å². The van der Waals surface area contributed by atoms with Crippen LogP contribution in [-0.2, 0) is 9.59 Å². The number of furan rings is 1. The maximum absolute atomic E-state index is 12.6. The van der Waals surface area contributed by atoms with Crippen LogP contribution in [0.4, 0.5) is 0 Å². The zero-order chi connectivity index (χ0) is 17.8. The van der Waals surface area contributed by atoms with Gasteiger partial charge in [-0.2, -0.15) is 0 Å². The molecule has 0 bridgehead atoms. The summed E-state index contributed by atoms with van der Waals surface area (Å²) in [6, 6.07) is 3.90. The topological polar surface area (TPSA) is 53.8 Å². The standard InChI is InChI=1S/C18H22N2O3S2/c1-2-13-6-3-4-9-19(13)16(21)8-10-20-17(22)15(25-18(20)24)12-14-7-5-11-23-14/h5,7,11-13H,2-4,6,8-10H2,1H3/b15-12+/t13-/m1/s1. The first kappa shape index (κ1) is 18.2. The van der Waals surface area contributed by atoms with E-state index in [4.69, 9.17) is 16.6 Å². The van der Waals surface area contributed by atoms with E-state index >= 15 is 0 Å². The first-order valence-corrected chi connectivity index (χ1v) is 9.91. The first-order chi connectivity index (χ1) is 12.1. The van der Waals surface area contributed by atoms with Crippen LogP contribution in [0.25, 0.3) is 6.08 Å². The minimum Gasteiger partial charge on any atom is -0.465 e. The van der Waals surface area contributed by atoms with E-state index < -0.39 is 0 Å². The molecule has 5 nitrogen and oxygen atoms in total. The lowest BCUT2D eigenvalue weighted by Gasteiger charge is -2.35. The average Bonchev–Trinajstić information content (AvgIpc) is 3.22. The largest absolute Gasteiger partial charge is 0.465 e. The SMILES string of the molecule is CC[C@@H]1CCCCN1C(=O)CCN1C(=O)/C(=C\c2ccco2)SC1=S. The van der Waals surface area contributed by atoms with Gasteiger partial charge in [-0.3, -0.25) is 14.5 Å². The summed E-state index contributed by atoms with van der Waals surface area (Å²) in [5, 5.41) is 0. The molecule has 0 spiro atoms. The molecular formula is C18H22N2O3S2. The maximum Gasteiger partial charge on any atom is 0.266 e. The third-order valence-electron chi connectivity index (χ3n) is 4.66. The number of likely N-dealkylation sites (tertiary alicyclic amines) is 1. The number of rotatable bonds is 5. The fourth-order valence-corrected chi connectivity index (χ4v) is 4.59. The highest BCUT2D eigenvalue weighted by Crippen LogP contribution is 2.32. The van der Waals surface area contributed by atoms with Crippen LogP contribution >= 0.6 is 24.0 Å². The van der Waals surface area contributed by atoms with Crippen LogP contribution in [0.3, 0.4) is 0 Å². The number of carbonyl (C=O) groups excluding carboxylic acids is 2. The maximum atomic E-state index is 12.6. The van der Waals surface area contributed by atoms with Crippen LogP contribution in [-0.4, -0.2) is 45.1 Å². The van der Waals surface area contributed by atoms with E-state index in [9.17, 15) is 9.59 Å². The van der Waals surface area contributed by atoms with Gasteiger partial charge in [0.25, 0.3) is 5.91 Å². The van der Waals surface area contributed by atoms with E-state index in [1.54, 1.807) is 24.5 Å². The van der Waals surface area contributed by atoms with Crippen molar-refractivity contribution < 1.29 is 14.0 Å². The number of thioether (sulfide) groups is 1. The summed E-state index contributed by atoms with van der Waals surface area (Å²) < 4.78 is 5.75. The fourth-order valence-electron chi connectivity index (χ4n) is 3.30. The lowest BCUT2D eigenvalue weighted by atomic mass is 9.99. The van der Waals surface area contributed by atoms with Gasteiger partial charge in [-0.15, -0.1) is 0 Å². The summed E-state index contributed by atoms with van der Waals surface area (Å²) in [7, 11) is 0. The molecule has 25 heavy (non-hydrogen) atoms. The minimum atomic E-state index is -0.148. The molecule has 134 valence electrons. The molecule has 1 atom stereocenters. The van der Waals surface area contributed by atoms with E-state index in [2.05, 4.69) is 6.92 Å². The Morgan fingerprint density at radius 2 is 2.32 bits per heavy atom. The number of nitrogens with zero attached hydrogens (tertiary/aromatic N) is 2. The Balaban J connectivity index is 1.60. The number of hydrogen-bond acceptors (Lipinski definition) is 5. The molecular weight excluding hydrogens is 356 g/mol. The predicted octanol–water partition coefficient (Wildman–Crippen LogP) is 3.66. The summed E-state index contributed by atoms with van der Waals surface area (Å²) in [5.74, 6) is 0.594. The predicted molar refractivity (Wildman–Crippen MR) is 103 cm³/mol. The molecule has 2 saturated heterocycles. The van der Waals surface area contributed by atoms with E-state index in [0.29, 0.717) is 34.0 Å². The van der Waals surface area contributed by atoms with Crippen molar-refractivity contribution in [3.63, 3.8) is 0 Å². The molecule has 2 aliphatic rings. The number of carbonyl (C=O) groups is 2. The fraction of sp³-hybridized carbons (Fsp3) is 0.500. The van der Waals surface area contributed by atoms with E-state index in [1.165, 1.54) is 23.1 Å². The second kappa shape index (κ2) is 8.19. The van der Waals surface area contributed by atoms with Crippen molar-refractivity contribution in [2.75, 3.05) is 13.1 Å². The molecule has 3 heterocycles. The van der Waals surface area contributed by atoms with Gasteiger partial charge in [0.15, 0.2) is 0 Å². The molecule has 2 fully saturated rings. The van der Waals surface area contributed by atoms with Crippen LogP contribution in [0, 0.1) is 0 Å². The Kier molecular flexibility index (Phi) is 5.96. The van der Waals surface area contributed by atoms with Gasteiger partial charge in [0.2, 0.25) is 5.91 Å². The summed E-state index contributed by atoms with van der Waals surface area (Å²) in [4.78, 5) is 29.2.